The smallest absolute Gasteiger partial charge is 0.434 e. The molecular weight excluding hydrogens is 269 g/mol. The van der Waals surface area contributed by atoms with Gasteiger partial charge in [0.05, 0.1) is 12.9 Å². The Morgan fingerprint density at radius 1 is 1.20 bits per heavy atom. The van der Waals surface area contributed by atoms with Crippen molar-refractivity contribution in [2.24, 2.45) is 0 Å². The van der Waals surface area contributed by atoms with Gasteiger partial charge in [-0.3, -0.25) is 0 Å². The third-order valence-electron chi connectivity index (χ3n) is 2.77. The largest absolute Gasteiger partial charge is 0.494 e. The van der Waals surface area contributed by atoms with Crippen LogP contribution < -0.4 is 4.74 Å². The highest BCUT2D eigenvalue weighted by Gasteiger charge is 2.33. The highest BCUT2D eigenvalue weighted by atomic mass is 19.4. The highest BCUT2D eigenvalue weighted by Crippen LogP contribution is 2.28. The van der Waals surface area contributed by atoms with Gasteiger partial charge < -0.3 is 9.30 Å². The van der Waals surface area contributed by atoms with E-state index in [1.54, 1.807) is 24.3 Å². The van der Waals surface area contributed by atoms with Crippen LogP contribution in [0.5, 0.6) is 5.75 Å². The van der Waals surface area contributed by atoms with E-state index in [9.17, 15) is 13.2 Å². The third kappa shape index (κ3) is 3.53. The van der Waals surface area contributed by atoms with Gasteiger partial charge in [-0.1, -0.05) is 13.3 Å². The molecule has 0 radical (unpaired) electrons. The lowest BCUT2D eigenvalue weighted by atomic mass is 10.3. The Morgan fingerprint density at radius 3 is 2.45 bits per heavy atom. The fourth-order valence-electron chi connectivity index (χ4n) is 1.66. The molecule has 2 aromatic rings. The Kier molecular flexibility index (Phi) is 4.32. The fraction of sp³-hybridized carbons (Fsp3) is 0.357. The number of unbranched alkanes of at least 4 members (excludes halogenated alkanes) is 1. The van der Waals surface area contributed by atoms with Crippen LogP contribution in [0.2, 0.25) is 0 Å². The van der Waals surface area contributed by atoms with Crippen molar-refractivity contribution in [2.45, 2.75) is 25.9 Å². The number of alkyl halides is 3. The molecule has 0 aliphatic rings. The molecule has 1 heterocycles. The minimum atomic E-state index is -4.42. The molecule has 0 unspecified atom stereocenters. The molecule has 2 rings (SSSR count). The van der Waals surface area contributed by atoms with E-state index < -0.39 is 11.9 Å². The summed E-state index contributed by atoms with van der Waals surface area (Å²) in [7, 11) is 0. The number of nitrogens with zero attached hydrogens (tertiary/aromatic N) is 2. The molecule has 0 saturated carbocycles. The number of aromatic nitrogens is 2. The van der Waals surface area contributed by atoms with Crippen LogP contribution in [-0.2, 0) is 6.18 Å². The Bertz CT molecular complexity index is 546. The van der Waals surface area contributed by atoms with Gasteiger partial charge in [-0.25, -0.2) is 4.98 Å². The Balaban J connectivity index is 2.08. The zero-order valence-electron chi connectivity index (χ0n) is 11.0. The van der Waals surface area contributed by atoms with Gasteiger partial charge in [0.1, 0.15) is 5.75 Å². The number of hydrogen-bond acceptors (Lipinski definition) is 2. The predicted molar refractivity (Wildman–Crippen MR) is 69.0 cm³/mol. The lowest BCUT2D eigenvalue weighted by molar-refractivity contribution is -0.140. The summed E-state index contributed by atoms with van der Waals surface area (Å²) in [5.41, 5.74) is -0.295. The topological polar surface area (TPSA) is 27.1 Å². The van der Waals surface area contributed by atoms with E-state index in [4.69, 9.17) is 4.74 Å². The first-order valence-corrected chi connectivity index (χ1v) is 6.35. The number of halogens is 3. The second-order valence-electron chi connectivity index (χ2n) is 4.36. The second kappa shape index (κ2) is 5.98. The molecule has 1 aromatic heterocycles. The van der Waals surface area contributed by atoms with Gasteiger partial charge >= 0.3 is 6.18 Å². The molecule has 108 valence electrons. The molecule has 0 atom stereocenters. The number of benzene rings is 1. The maximum atomic E-state index is 12.5. The van der Waals surface area contributed by atoms with Crippen molar-refractivity contribution in [3.05, 3.63) is 42.5 Å². The van der Waals surface area contributed by atoms with E-state index in [1.165, 1.54) is 4.57 Å². The average molecular weight is 284 g/mol. The number of ether oxygens (including phenoxy) is 1. The van der Waals surface area contributed by atoms with Crippen LogP contribution in [0.15, 0.2) is 36.8 Å². The molecule has 0 saturated heterocycles. The van der Waals surface area contributed by atoms with Crippen molar-refractivity contribution >= 4 is 0 Å². The number of imidazole rings is 1. The standard InChI is InChI=1S/C14H15F3N2O/c1-2-3-8-20-12-6-4-11(5-7-12)19-9-13(18-10-19)14(15,16)17/h4-7,9-10H,2-3,8H2,1H3. The Morgan fingerprint density at radius 2 is 1.90 bits per heavy atom. The SMILES string of the molecule is CCCCOc1ccc(-n2cnc(C(F)(F)F)c2)cc1. The Labute approximate surface area is 115 Å². The van der Waals surface area contributed by atoms with Crippen molar-refractivity contribution in [3.8, 4) is 11.4 Å². The quantitative estimate of drug-likeness (QED) is 0.774. The molecule has 0 N–H and O–H groups in total. The van der Waals surface area contributed by atoms with E-state index in [0.29, 0.717) is 18.0 Å². The molecule has 0 spiro atoms. The van der Waals surface area contributed by atoms with Gasteiger partial charge in [0.25, 0.3) is 0 Å². The summed E-state index contributed by atoms with van der Waals surface area (Å²) in [5, 5.41) is 0. The van der Waals surface area contributed by atoms with Crippen molar-refractivity contribution < 1.29 is 17.9 Å². The van der Waals surface area contributed by atoms with Gasteiger partial charge in [0.15, 0.2) is 5.69 Å². The maximum Gasteiger partial charge on any atom is 0.434 e. The molecular formula is C14H15F3N2O. The molecule has 0 aliphatic carbocycles. The van der Waals surface area contributed by atoms with Gasteiger partial charge in [0, 0.05) is 11.9 Å². The molecule has 0 fully saturated rings. The van der Waals surface area contributed by atoms with Gasteiger partial charge in [0.2, 0.25) is 0 Å². The third-order valence-corrected chi connectivity index (χ3v) is 2.77. The molecule has 20 heavy (non-hydrogen) atoms. The molecule has 0 bridgehead atoms. The zero-order chi connectivity index (χ0) is 14.6. The molecule has 0 aliphatic heterocycles. The van der Waals surface area contributed by atoms with E-state index in [0.717, 1.165) is 25.4 Å². The summed E-state index contributed by atoms with van der Waals surface area (Å²) in [6.45, 7) is 2.71. The molecule has 6 heteroatoms. The first-order chi connectivity index (χ1) is 9.50. The average Bonchev–Trinajstić information content (AvgIpc) is 2.89. The van der Waals surface area contributed by atoms with Crippen molar-refractivity contribution in [1.82, 2.24) is 9.55 Å². The second-order valence-corrected chi connectivity index (χ2v) is 4.36. The summed E-state index contributed by atoms with van der Waals surface area (Å²) in [4.78, 5) is 3.35. The molecule has 1 aromatic carbocycles. The van der Waals surface area contributed by atoms with Crippen LogP contribution in [-0.4, -0.2) is 16.2 Å². The summed E-state index contributed by atoms with van der Waals surface area (Å²) in [6, 6.07) is 6.86. The van der Waals surface area contributed by atoms with Crippen LogP contribution in [0.3, 0.4) is 0 Å². The normalized spacial score (nSPS) is 11.6. The van der Waals surface area contributed by atoms with Crippen LogP contribution in [0.1, 0.15) is 25.5 Å². The van der Waals surface area contributed by atoms with Crippen molar-refractivity contribution in [2.75, 3.05) is 6.61 Å². The van der Waals surface area contributed by atoms with Crippen molar-refractivity contribution in [1.29, 1.82) is 0 Å². The van der Waals surface area contributed by atoms with E-state index >= 15 is 0 Å². The predicted octanol–water partition coefficient (Wildman–Crippen LogP) is 4.07. The molecule has 3 nitrogen and oxygen atoms in total. The monoisotopic (exact) mass is 284 g/mol. The minimum Gasteiger partial charge on any atom is -0.494 e. The van der Waals surface area contributed by atoms with Crippen LogP contribution in [0.25, 0.3) is 5.69 Å². The number of hydrogen-bond donors (Lipinski definition) is 0. The summed E-state index contributed by atoms with van der Waals surface area (Å²) < 4.78 is 44.2. The zero-order valence-corrected chi connectivity index (χ0v) is 11.0. The van der Waals surface area contributed by atoms with Crippen LogP contribution in [0, 0.1) is 0 Å². The maximum absolute atomic E-state index is 12.5. The van der Waals surface area contributed by atoms with Gasteiger partial charge in [-0.15, -0.1) is 0 Å². The van der Waals surface area contributed by atoms with E-state index in [2.05, 4.69) is 11.9 Å². The van der Waals surface area contributed by atoms with Crippen LogP contribution in [0.4, 0.5) is 13.2 Å². The van der Waals surface area contributed by atoms with E-state index in [-0.39, 0.29) is 0 Å². The number of rotatable bonds is 5. The van der Waals surface area contributed by atoms with Crippen molar-refractivity contribution in [3.63, 3.8) is 0 Å². The highest BCUT2D eigenvalue weighted by molar-refractivity contribution is 5.37. The first kappa shape index (κ1) is 14.4. The fourth-order valence-corrected chi connectivity index (χ4v) is 1.66. The Hall–Kier alpha value is -1.98. The van der Waals surface area contributed by atoms with Crippen LogP contribution >= 0.6 is 0 Å². The lowest BCUT2D eigenvalue weighted by Gasteiger charge is -2.07. The summed E-state index contributed by atoms with van der Waals surface area (Å²) >= 11 is 0. The van der Waals surface area contributed by atoms with Gasteiger partial charge in [-0.2, -0.15) is 13.2 Å². The lowest BCUT2D eigenvalue weighted by Crippen LogP contribution is -2.04. The summed E-state index contributed by atoms with van der Waals surface area (Å²) in [5.74, 6) is 0.707. The minimum absolute atomic E-state index is 0.607. The summed E-state index contributed by atoms with van der Waals surface area (Å²) in [6.07, 6.45) is -0.289. The van der Waals surface area contributed by atoms with E-state index in [1.807, 2.05) is 0 Å². The molecule has 0 amide bonds. The van der Waals surface area contributed by atoms with Gasteiger partial charge in [-0.05, 0) is 30.7 Å². The first-order valence-electron chi connectivity index (χ1n) is 6.35.